The Labute approximate surface area is 101 Å². The molecule has 1 nitrogen and oxygen atoms in total. The molecule has 1 aromatic heterocycles. The lowest BCUT2D eigenvalue weighted by Crippen LogP contribution is -1.92. The van der Waals surface area contributed by atoms with E-state index in [1.807, 2.05) is 0 Å². The summed E-state index contributed by atoms with van der Waals surface area (Å²) in [6.07, 6.45) is 0. The molecule has 0 bridgehead atoms. The molecule has 3 aromatic rings. The minimum absolute atomic E-state index is 1.11. The molecule has 0 radical (unpaired) electrons. The van der Waals surface area contributed by atoms with Crippen molar-refractivity contribution in [2.75, 3.05) is 0 Å². The molecule has 0 amide bonds. The number of hydrogen-bond donors (Lipinski definition) is 0. The average molecular weight is 221 g/mol. The molecule has 0 aliphatic carbocycles. The SMILES string of the molecule is Cc1ccc2c(nc(C)c3ccccc32)c1C. The molecule has 2 aromatic carbocycles. The number of aromatic nitrogens is 1. The molecular formula is C16H15N. The smallest absolute Gasteiger partial charge is 0.0743 e. The topological polar surface area (TPSA) is 12.9 Å². The number of rotatable bonds is 0. The summed E-state index contributed by atoms with van der Waals surface area (Å²) in [5.41, 5.74) is 4.85. The van der Waals surface area contributed by atoms with Crippen LogP contribution in [-0.2, 0) is 0 Å². The highest BCUT2D eigenvalue weighted by molar-refractivity contribution is 6.07. The lowest BCUT2D eigenvalue weighted by atomic mass is 9.99. The Hall–Kier alpha value is -1.89. The fraction of sp³-hybridized carbons (Fsp3) is 0.188. The van der Waals surface area contributed by atoms with Crippen molar-refractivity contribution in [2.24, 2.45) is 0 Å². The predicted octanol–water partition coefficient (Wildman–Crippen LogP) is 4.31. The monoisotopic (exact) mass is 221 g/mol. The quantitative estimate of drug-likeness (QED) is 0.515. The predicted molar refractivity (Wildman–Crippen MR) is 73.5 cm³/mol. The van der Waals surface area contributed by atoms with Crippen molar-refractivity contribution in [3.8, 4) is 0 Å². The Morgan fingerprint density at radius 3 is 2.24 bits per heavy atom. The van der Waals surface area contributed by atoms with Gasteiger partial charge in [0, 0.05) is 16.5 Å². The zero-order valence-electron chi connectivity index (χ0n) is 10.4. The molecule has 0 saturated carbocycles. The second kappa shape index (κ2) is 3.56. The first-order chi connectivity index (χ1) is 8.18. The number of nitrogens with zero attached hydrogens (tertiary/aromatic N) is 1. The maximum absolute atomic E-state index is 4.76. The maximum atomic E-state index is 4.76. The maximum Gasteiger partial charge on any atom is 0.0743 e. The summed E-state index contributed by atoms with van der Waals surface area (Å²) in [5.74, 6) is 0. The summed E-state index contributed by atoms with van der Waals surface area (Å²) in [6.45, 7) is 6.38. The first-order valence-electron chi connectivity index (χ1n) is 5.94. The van der Waals surface area contributed by atoms with Gasteiger partial charge in [-0.2, -0.15) is 0 Å². The van der Waals surface area contributed by atoms with Crippen LogP contribution in [0.2, 0.25) is 0 Å². The Morgan fingerprint density at radius 2 is 1.47 bits per heavy atom. The van der Waals surface area contributed by atoms with E-state index in [-0.39, 0.29) is 0 Å². The fourth-order valence-corrected chi connectivity index (χ4v) is 2.42. The van der Waals surface area contributed by atoms with E-state index in [4.69, 9.17) is 4.98 Å². The fourth-order valence-electron chi connectivity index (χ4n) is 2.42. The molecule has 1 heteroatoms. The molecule has 84 valence electrons. The minimum Gasteiger partial charge on any atom is -0.252 e. The van der Waals surface area contributed by atoms with E-state index in [1.54, 1.807) is 0 Å². The van der Waals surface area contributed by atoms with Crippen LogP contribution in [0.3, 0.4) is 0 Å². The van der Waals surface area contributed by atoms with Gasteiger partial charge in [0.2, 0.25) is 0 Å². The van der Waals surface area contributed by atoms with Gasteiger partial charge >= 0.3 is 0 Å². The molecule has 0 N–H and O–H groups in total. The standard InChI is InChI=1S/C16H15N/c1-10-8-9-15-14-7-5-4-6-13(14)12(3)17-16(15)11(10)2/h4-9H,1-3H3. The molecular weight excluding hydrogens is 206 g/mol. The Bertz CT molecular complexity index is 726. The van der Waals surface area contributed by atoms with Crippen molar-refractivity contribution in [1.29, 1.82) is 0 Å². The van der Waals surface area contributed by atoms with Crippen LogP contribution in [-0.4, -0.2) is 4.98 Å². The van der Waals surface area contributed by atoms with Gasteiger partial charge in [0.05, 0.1) is 5.52 Å². The summed E-state index contributed by atoms with van der Waals surface area (Å²) in [4.78, 5) is 4.76. The van der Waals surface area contributed by atoms with Gasteiger partial charge in [-0.15, -0.1) is 0 Å². The second-order valence-corrected chi connectivity index (χ2v) is 4.65. The van der Waals surface area contributed by atoms with Crippen LogP contribution in [0.4, 0.5) is 0 Å². The van der Waals surface area contributed by atoms with E-state index in [1.165, 1.54) is 27.3 Å². The van der Waals surface area contributed by atoms with Crippen LogP contribution in [0, 0.1) is 20.8 Å². The number of benzene rings is 2. The zero-order valence-corrected chi connectivity index (χ0v) is 10.4. The summed E-state index contributed by atoms with van der Waals surface area (Å²) in [7, 11) is 0. The van der Waals surface area contributed by atoms with Crippen molar-refractivity contribution in [3.05, 3.63) is 53.2 Å². The molecule has 0 aliphatic rings. The van der Waals surface area contributed by atoms with Crippen LogP contribution < -0.4 is 0 Å². The molecule has 0 spiro atoms. The van der Waals surface area contributed by atoms with Gasteiger partial charge < -0.3 is 0 Å². The Kier molecular flexibility index (Phi) is 2.15. The van der Waals surface area contributed by atoms with Crippen molar-refractivity contribution in [2.45, 2.75) is 20.8 Å². The number of aryl methyl sites for hydroxylation is 3. The largest absolute Gasteiger partial charge is 0.252 e. The van der Waals surface area contributed by atoms with Gasteiger partial charge in [0.25, 0.3) is 0 Å². The van der Waals surface area contributed by atoms with Gasteiger partial charge in [0.1, 0.15) is 0 Å². The number of hydrogen-bond acceptors (Lipinski definition) is 1. The second-order valence-electron chi connectivity index (χ2n) is 4.65. The van der Waals surface area contributed by atoms with Gasteiger partial charge in [-0.25, -0.2) is 0 Å². The third kappa shape index (κ3) is 1.42. The van der Waals surface area contributed by atoms with Gasteiger partial charge in [-0.3, -0.25) is 4.98 Å². The molecule has 3 rings (SSSR count). The van der Waals surface area contributed by atoms with E-state index in [2.05, 4.69) is 57.2 Å². The highest BCUT2D eigenvalue weighted by atomic mass is 14.7. The summed E-state index contributed by atoms with van der Waals surface area (Å²) >= 11 is 0. The van der Waals surface area contributed by atoms with Crippen LogP contribution >= 0.6 is 0 Å². The minimum atomic E-state index is 1.11. The normalized spacial score (nSPS) is 11.2. The van der Waals surface area contributed by atoms with E-state index in [0.29, 0.717) is 0 Å². The van der Waals surface area contributed by atoms with E-state index >= 15 is 0 Å². The van der Waals surface area contributed by atoms with Crippen LogP contribution in [0.1, 0.15) is 16.8 Å². The summed E-state index contributed by atoms with van der Waals surface area (Å²) in [6, 6.07) is 12.9. The van der Waals surface area contributed by atoms with Crippen molar-refractivity contribution < 1.29 is 0 Å². The Balaban J connectivity index is 2.62. The molecule has 0 atom stereocenters. The summed E-state index contributed by atoms with van der Waals surface area (Å²) < 4.78 is 0. The molecule has 0 saturated heterocycles. The zero-order chi connectivity index (χ0) is 12.0. The van der Waals surface area contributed by atoms with Crippen molar-refractivity contribution >= 4 is 21.7 Å². The van der Waals surface area contributed by atoms with Crippen LogP contribution in [0.15, 0.2) is 36.4 Å². The third-order valence-electron chi connectivity index (χ3n) is 3.59. The molecule has 17 heavy (non-hydrogen) atoms. The highest BCUT2D eigenvalue weighted by Crippen LogP contribution is 2.28. The lowest BCUT2D eigenvalue weighted by molar-refractivity contribution is 1.25. The van der Waals surface area contributed by atoms with E-state index in [0.717, 1.165) is 11.2 Å². The van der Waals surface area contributed by atoms with Crippen LogP contribution in [0.5, 0.6) is 0 Å². The molecule has 0 fully saturated rings. The summed E-state index contributed by atoms with van der Waals surface area (Å²) in [5, 5.41) is 3.82. The van der Waals surface area contributed by atoms with Gasteiger partial charge in [0.15, 0.2) is 0 Å². The van der Waals surface area contributed by atoms with Crippen molar-refractivity contribution in [3.63, 3.8) is 0 Å². The lowest BCUT2D eigenvalue weighted by Gasteiger charge is -2.10. The third-order valence-corrected chi connectivity index (χ3v) is 3.59. The average Bonchev–Trinajstić information content (AvgIpc) is 2.35. The highest BCUT2D eigenvalue weighted by Gasteiger charge is 2.07. The van der Waals surface area contributed by atoms with E-state index < -0.39 is 0 Å². The molecule has 0 unspecified atom stereocenters. The van der Waals surface area contributed by atoms with Gasteiger partial charge in [-0.05, 0) is 37.3 Å². The van der Waals surface area contributed by atoms with E-state index in [9.17, 15) is 0 Å². The Morgan fingerprint density at radius 1 is 0.765 bits per heavy atom. The molecule has 0 aliphatic heterocycles. The van der Waals surface area contributed by atoms with Gasteiger partial charge in [-0.1, -0.05) is 36.4 Å². The first-order valence-corrected chi connectivity index (χ1v) is 5.94. The van der Waals surface area contributed by atoms with Crippen molar-refractivity contribution in [1.82, 2.24) is 4.98 Å². The first kappa shape index (κ1) is 10.3. The number of pyridine rings is 1. The van der Waals surface area contributed by atoms with Crippen LogP contribution in [0.25, 0.3) is 21.7 Å². The number of fused-ring (bicyclic) bond motifs is 3. The molecule has 1 heterocycles.